The van der Waals surface area contributed by atoms with Crippen molar-refractivity contribution in [3.05, 3.63) is 48.5 Å². The van der Waals surface area contributed by atoms with E-state index in [2.05, 4.69) is 0 Å². The molecule has 2 aromatic rings. The molecule has 0 spiro atoms. The summed E-state index contributed by atoms with van der Waals surface area (Å²) in [6, 6.07) is 14.9. The Hall–Kier alpha value is -2.36. The zero-order valence-electron chi connectivity index (χ0n) is 12.4. The Balaban J connectivity index is 1.78. The van der Waals surface area contributed by atoms with Gasteiger partial charge < -0.3 is 18.9 Å². The second kappa shape index (κ2) is 8.04. The highest BCUT2D eigenvalue weighted by molar-refractivity contribution is 5.32. The van der Waals surface area contributed by atoms with Crippen molar-refractivity contribution in [2.24, 2.45) is 0 Å². The number of benzene rings is 2. The van der Waals surface area contributed by atoms with Crippen LogP contribution < -0.4 is 18.9 Å². The number of rotatable bonds is 8. The molecule has 2 rings (SSSR count). The summed E-state index contributed by atoms with van der Waals surface area (Å²) in [6.45, 7) is 5.37. The Bertz CT molecular complexity index is 470. The van der Waals surface area contributed by atoms with Gasteiger partial charge in [0.1, 0.15) is 23.0 Å². The fraction of sp³-hybridized carbons (Fsp3) is 0.294. The van der Waals surface area contributed by atoms with Crippen molar-refractivity contribution in [1.29, 1.82) is 0 Å². The Kier molecular flexibility index (Phi) is 5.76. The van der Waals surface area contributed by atoms with Crippen LogP contribution in [0.15, 0.2) is 48.5 Å². The zero-order valence-corrected chi connectivity index (χ0v) is 12.4. The van der Waals surface area contributed by atoms with E-state index in [1.165, 1.54) is 0 Å². The van der Waals surface area contributed by atoms with E-state index in [0.29, 0.717) is 13.2 Å². The molecular weight excluding hydrogens is 268 g/mol. The van der Waals surface area contributed by atoms with Crippen LogP contribution in [0.5, 0.6) is 23.0 Å². The van der Waals surface area contributed by atoms with Crippen molar-refractivity contribution in [2.45, 2.75) is 13.8 Å². The summed E-state index contributed by atoms with van der Waals surface area (Å²) in [7, 11) is 0. The second-order valence-corrected chi connectivity index (χ2v) is 4.22. The van der Waals surface area contributed by atoms with Gasteiger partial charge in [0.25, 0.3) is 0 Å². The molecule has 21 heavy (non-hydrogen) atoms. The average Bonchev–Trinajstić information content (AvgIpc) is 2.51. The van der Waals surface area contributed by atoms with Crippen molar-refractivity contribution in [3.8, 4) is 23.0 Å². The summed E-state index contributed by atoms with van der Waals surface area (Å²) >= 11 is 0. The summed E-state index contributed by atoms with van der Waals surface area (Å²) in [5, 5.41) is 0. The minimum absolute atomic E-state index is 0.155. The molecule has 4 heteroatoms. The standard InChI is InChI=1S/C17H20O4/c1-3-18-14-5-9-16(10-6-14)20-13-21-17-11-7-15(8-12-17)19-4-2/h5-12H,3-4,13H2,1-2H3. The van der Waals surface area contributed by atoms with E-state index < -0.39 is 0 Å². The smallest absolute Gasteiger partial charge is 0.230 e. The summed E-state index contributed by atoms with van der Waals surface area (Å²) < 4.78 is 21.8. The molecule has 0 bridgehead atoms. The topological polar surface area (TPSA) is 36.9 Å². The lowest BCUT2D eigenvalue weighted by molar-refractivity contribution is 0.119. The molecule has 0 aliphatic heterocycles. The Morgan fingerprint density at radius 1 is 0.524 bits per heavy atom. The Morgan fingerprint density at radius 2 is 0.810 bits per heavy atom. The minimum atomic E-state index is 0.155. The fourth-order valence-corrected chi connectivity index (χ4v) is 1.76. The highest BCUT2D eigenvalue weighted by Gasteiger charge is 1.98. The summed E-state index contributed by atoms with van der Waals surface area (Å²) in [4.78, 5) is 0. The van der Waals surface area contributed by atoms with Gasteiger partial charge in [0.15, 0.2) is 0 Å². The van der Waals surface area contributed by atoms with Gasteiger partial charge in [-0.25, -0.2) is 0 Å². The molecule has 112 valence electrons. The number of hydrogen-bond donors (Lipinski definition) is 0. The van der Waals surface area contributed by atoms with E-state index in [9.17, 15) is 0 Å². The zero-order chi connectivity index (χ0) is 14.9. The van der Waals surface area contributed by atoms with Crippen LogP contribution in [-0.2, 0) is 0 Å². The van der Waals surface area contributed by atoms with Gasteiger partial charge in [-0.1, -0.05) is 0 Å². The van der Waals surface area contributed by atoms with Crippen molar-refractivity contribution in [3.63, 3.8) is 0 Å². The molecule has 0 saturated heterocycles. The molecule has 2 aromatic carbocycles. The van der Waals surface area contributed by atoms with Gasteiger partial charge in [-0.15, -0.1) is 0 Å². The highest BCUT2D eigenvalue weighted by Crippen LogP contribution is 2.19. The normalized spacial score (nSPS) is 10.0. The van der Waals surface area contributed by atoms with Gasteiger partial charge in [0, 0.05) is 0 Å². The van der Waals surface area contributed by atoms with Crippen LogP contribution in [0.4, 0.5) is 0 Å². The van der Waals surface area contributed by atoms with Crippen LogP contribution in [0, 0.1) is 0 Å². The summed E-state index contributed by atoms with van der Waals surface area (Å²) in [5.41, 5.74) is 0. The molecule has 0 aromatic heterocycles. The Labute approximate surface area is 125 Å². The molecule has 0 atom stereocenters. The van der Waals surface area contributed by atoms with E-state index in [0.717, 1.165) is 23.0 Å². The predicted octanol–water partition coefficient (Wildman–Crippen LogP) is 3.90. The van der Waals surface area contributed by atoms with E-state index in [-0.39, 0.29) is 6.79 Å². The maximum absolute atomic E-state index is 5.51. The molecule has 0 N–H and O–H groups in total. The third-order valence-corrected chi connectivity index (χ3v) is 2.72. The van der Waals surface area contributed by atoms with Gasteiger partial charge in [-0.05, 0) is 62.4 Å². The minimum Gasteiger partial charge on any atom is -0.494 e. The van der Waals surface area contributed by atoms with Crippen LogP contribution in [0.1, 0.15) is 13.8 Å². The van der Waals surface area contributed by atoms with Crippen molar-refractivity contribution >= 4 is 0 Å². The van der Waals surface area contributed by atoms with E-state index in [4.69, 9.17) is 18.9 Å². The maximum Gasteiger partial charge on any atom is 0.230 e. The average molecular weight is 288 g/mol. The van der Waals surface area contributed by atoms with E-state index in [1.807, 2.05) is 62.4 Å². The lowest BCUT2D eigenvalue weighted by Gasteiger charge is -2.10. The summed E-state index contributed by atoms with van der Waals surface area (Å²) in [6.07, 6.45) is 0. The third kappa shape index (κ3) is 4.91. The first-order valence-corrected chi connectivity index (χ1v) is 7.03. The lowest BCUT2D eigenvalue weighted by Crippen LogP contribution is -2.05. The van der Waals surface area contributed by atoms with Gasteiger partial charge in [0.2, 0.25) is 6.79 Å². The first-order chi connectivity index (χ1) is 10.3. The van der Waals surface area contributed by atoms with Gasteiger partial charge in [-0.2, -0.15) is 0 Å². The van der Waals surface area contributed by atoms with Crippen molar-refractivity contribution in [1.82, 2.24) is 0 Å². The first kappa shape index (κ1) is 15.0. The van der Waals surface area contributed by atoms with Crippen molar-refractivity contribution in [2.75, 3.05) is 20.0 Å². The molecule has 0 aliphatic rings. The van der Waals surface area contributed by atoms with Crippen LogP contribution in [-0.4, -0.2) is 20.0 Å². The largest absolute Gasteiger partial charge is 0.494 e. The van der Waals surface area contributed by atoms with E-state index >= 15 is 0 Å². The van der Waals surface area contributed by atoms with Crippen LogP contribution >= 0.6 is 0 Å². The maximum atomic E-state index is 5.51. The monoisotopic (exact) mass is 288 g/mol. The molecule has 0 fully saturated rings. The molecular formula is C17H20O4. The Morgan fingerprint density at radius 3 is 1.10 bits per heavy atom. The fourth-order valence-electron chi connectivity index (χ4n) is 1.76. The molecule has 0 amide bonds. The second-order valence-electron chi connectivity index (χ2n) is 4.22. The first-order valence-electron chi connectivity index (χ1n) is 7.03. The van der Waals surface area contributed by atoms with Gasteiger partial charge >= 0.3 is 0 Å². The lowest BCUT2D eigenvalue weighted by atomic mass is 10.3. The predicted molar refractivity (Wildman–Crippen MR) is 81.3 cm³/mol. The molecule has 0 unspecified atom stereocenters. The number of hydrogen-bond acceptors (Lipinski definition) is 4. The summed E-state index contributed by atoms with van der Waals surface area (Å²) in [5.74, 6) is 3.14. The van der Waals surface area contributed by atoms with Gasteiger partial charge in [-0.3, -0.25) is 0 Å². The highest BCUT2D eigenvalue weighted by atomic mass is 16.7. The molecule has 4 nitrogen and oxygen atoms in total. The third-order valence-electron chi connectivity index (χ3n) is 2.72. The van der Waals surface area contributed by atoms with E-state index in [1.54, 1.807) is 0 Å². The molecule has 0 aliphatic carbocycles. The number of ether oxygens (including phenoxy) is 4. The van der Waals surface area contributed by atoms with Crippen LogP contribution in [0.25, 0.3) is 0 Å². The van der Waals surface area contributed by atoms with Crippen molar-refractivity contribution < 1.29 is 18.9 Å². The molecule has 0 saturated carbocycles. The SMILES string of the molecule is CCOc1ccc(OCOc2ccc(OCC)cc2)cc1. The quantitative estimate of drug-likeness (QED) is 0.690. The van der Waals surface area contributed by atoms with Crippen LogP contribution in [0.2, 0.25) is 0 Å². The molecule has 0 radical (unpaired) electrons. The van der Waals surface area contributed by atoms with Gasteiger partial charge in [0.05, 0.1) is 13.2 Å². The molecule has 0 heterocycles. The van der Waals surface area contributed by atoms with Crippen LogP contribution in [0.3, 0.4) is 0 Å².